The Bertz CT molecular complexity index is 1330. The van der Waals surface area contributed by atoms with Crippen molar-refractivity contribution in [1.29, 1.82) is 0 Å². The molecule has 2 aliphatic carbocycles. The summed E-state index contributed by atoms with van der Waals surface area (Å²) >= 11 is 1.39. The van der Waals surface area contributed by atoms with E-state index >= 15 is 0 Å². The highest BCUT2D eigenvalue weighted by atomic mass is 32.1. The third-order valence-corrected chi connectivity index (χ3v) is 7.65. The number of piperidine rings is 1. The number of rotatable bonds is 10. The summed E-state index contributed by atoms with van der Waals surface area (Å²) in [6.45, 7) is 4.38. The molecule has 0 spiro atoms. The van der Waals surface area contributed by atoms with Gasteiger partial charge in [0.2, 0.25) is 5.13 Å². The number of benzene rings is 1. The van der Waals surface area contributed by atoms with Gasteiger partial charge < -0.3 is 30.6 Å². The number of carbonyl (C=O) groups excluding carboxylic acids is 1. The van der Waals surface area contributed by atoms with E-state index in [-0.39, 0.29) is 5.91 Å². The first-order valence-corrected chi connectivity index (χ1v) is 14.7. The molecule has 0 radical (unpaired) electrons. The summed E-state index contributed by atoms with van der Waals surface area (Å²) < 4.78 is 0. The first-order valence-electron chi connectivity index (χ1n) is 13.9. The number of hydrogen-bond donors (Lipinski definition) is 6. The number of anilines is 1. The molecule has 6 N–H and O–H groups in total. The average Bonchev–Trinajstić information content (AvgIpc) is 3.91. The molecule has 1 saturated heterocycles. The molecule has 2 aromatic rings. The van der Waals surface area contributed by atoms with Gasteiger partial charge in [0.15, 0.2) is 0 Å². The maximum absolute atomic E-state index is 12.5. The Morgan fingerprint density at radius 3 is 1.91 bits per heavy atom. The van der Waals surface area contributed by atoms with Gasteiger partial charge in [-0.25, -0.2) is 19.2 Å². The number of carboxylic acids is 4. The molecule has 1 aromatic carbocycles. The quantitative estimate of drug-likeness (QED) is 0.208. The molecular formula is C29H35N5O9S. The Balaban J connectivity index is 0.000000275. The standard InChI is InChI=1S/C21H27N5OS.2C4H4O4/c1-13-24-25-21(28-13)23-20(27)15-4-2-3-14(11-15)18-12-19(18)22-16-7-9-26(10-8-16)17-5-6-17;2*5-3(6)1-2-4(7)8/h2-4,11,16-19,22H,5-10,12H2,1H3,(H,23,25,27);2*1-2H,(H,5,6)(H,7,8)/t18-,19+;;/m0../s1. The fraction of sp³-hybridized carbons (Fsp3) is 0.414. The number of carbonyl (C=O) groups is 5. The Labute approximate surface area is 257 Å². The summed E-state index contributed by atoms with van der Waals surface area (Å²) in [5.41, 5.74) is 1.95. The van der Waals surface area contributed by atoms with Crippen molar-refractivity contribution in [2.75, 3.05) is 18.4 Å². The molecule has 1 amide bonds. The second-order valence-corrected chi connectivity index (χ2v) is 11.6. The van der Waals surface area contributed by atoms with Crippen molar-refractivity contribution < 1.29 is 44.4 Å². The van der Waals surface area contributed by atoms with Crippen molar-refractivity contribution in [3.63, 3.8) is 0 Å². The topological polar surface area (TPSA) is 219 Å². The second-order valence-electron chi connectivity index (χ2n) is 10.4. The lowest BCUT2D eigenvalue weighted by atomic mass is 10.0. The minimum absolute atomic E-state index is 0.115. The Kier molecular flexibility index (Phi) is 12.7. The van der Waals surface area contributed by atoms with Crippen LogP contribution in [0.1, 0.15) is 59.0 Å². The van der Waals surface area contributed by atoms with Crippen LogP contribution in [0.4, 0.5) is 5.13 Å². The molecule has 15 heteroatoms. The number of aromatic nitrogens is 2. The summed E-state index contributed by atoms with van der Waals surface area (Å²) in [6, 6.07) is 10.1. The Hall–Kier alpha value is -4.47. The third-order valence-electron chi connectivity index (χ3n) is 6.89. The first kappa shape index (κ1) is 34.0. The molecule has 14 nitrogen and oxygen atoms in total. The number of hydrogen-bond acceptors (Lipinski definition) is 10. The zero-order valence-corrected chi connectivity index (χ0v) is 24.8. The van der Waals surface area contributed by atoms with E-state index in [0.29, 0.717) is 53.0 Å². The zero-order chi connectivity index (χ0) is 32.2. The fourth-order valence-electron chi connectivity index (χ4n) is 4.63. The summed E-state index contributed by atoms with van der Waals surface area (Å²) in [7, 11) is 0. The minimum atomic E-state index is -1.26. The van der Waals surface area contributed by atoms with E-state index in [0.717, 1.165) is 11.0 Å². The molecular weight excluding hydrogens is 594 g/mol. The van der Waals surface area contributed by atoms with Crippen LogP contribution in [0.25, 0.3) is 0 Å². The molecule has 2 atom stereocenters. The van der Waals surface area contributed by atoms with Crippen LogP contribution in [-0.4, -0.2) is 96.5 Å². The van der Waals surface area contributed by atoms with Crippen molar-refractivity contribution >= 4 is 46.3 Å². The lowest BCUT2D eigenvalue weighted by Crippen LogP contribution is -2.44. The van der Waals surface area contributed by atoms with Crippen LogP contribution < -0.4 is 10.6 Å². The van der Waals surface area contributed by atoms with Gasteiger partial charge in [-0.2, -0.15) is 0 Å². The van der Waals surface area contributed by atoms with Crippen LogP contribution in [0.5, 0.6) is 0 Å². The highest BCUT2D eigenvalue weighted by molar-refractivity contribution is 7.15. The van der Waals surface area contributed by atoms with Crippen molar-refractivity contribution in [2.45, 2.75) is 63.1 Å². The van der Waals surface area contributed by atoms with Crippen LogP contribution in [0.3, 0.4) is 0 Å². The van der Waals surface area contributed by atoms with E-state index in [4.69, 9.17) is 20.4 Å². The molecule has 0 unspecified atom stereocenters. The molecule has 3 aliphatic rings. The highest BCUT2D eigenvalue weighted by Gasteiger charge is 2.40. The summed E-state index contributed by atoms with van der Waals surface area (Å²) in [6.07, 6.45) is 8.75. The first-order chi connectivity index (χ1) is 20.9. The van der Waals surface area contributed by atoms with E-state index in [1.807, 2.05) is 25.1 Å². The van der Waals surface area contributed by atoms with Crippen molar-refractivity contribution in [1.82, 2.24) is 20.4 Å². The normalized spacial score (nSPS) is 19.8. The van der Waals surface area contributed by atoms with E-state index in [9.17, 15) is 24.0 Å². The number of amides is 1. The monoisotopic (exact) mass is 629 g/mol. The van der Waals surface area contributed by atoms with Gasteiger partial charge in [0.05, 0.1) is 0 Å². The number of aryl methyl sites for hydroxylation is 1. The maximum atomic E-state index is 12.5. The van der Waals surface area contributed by atoms with E-state index in [1.165, 1.54) is 62.1 Å². The van der Waals surface area contributed by atoms with Crippen LogP contribution in [0, 0.1) is 6.92 Å². The van der Waals surface area contributed by atoms with Gasteiger partial charge in [-0.3, -0.25) is 10.1 Å². The van der Waals surface area contributed by atoms with Gasteiger partial charge in [-0.05, 0) is 69.8 Å². The number of aliphatic carboxylic acids is 4. The third kappa shape index (κ3) is 12.4. The maximum Gasteiger partial charge on any atom is 0.328 e. The SMILES string of the molecule is Cc1nnc(NC(=O)c2cccc([C@@H]3C[C@H]3NC3CCN(C4CC4)CC3)c2)s1.O=C(O)C=CC(=O)O.O=C(O)C=CC(=O)O. The predicted molar refractivity (Wildman–Crippen MR) is 160 cm³/mol. The van der Waals surface area contributed by atoms with Gasteiger partial charge in [0, 0.05) is 53.9 Å². The van der Waals surface area contributed by atoms with E-state index in [1.54, 1.807) is 0 Å². The van der Waals surface area contributed by atoms with Crippen molar-refractivity contribution in [2.24, 2.45) is 0 Å². The van der Waals surface area contributed by atoms with Gasteiger partial charge >= 0.3 is 23.9 Å². The number of carboxylic acid groups (broad SMARTS) is 4. The average molecular weight is 630 g/mol. The van der Waals surface area contributed by atoms with Crippen LogP contribution in [-0.2, 0) is 19.2 Å². The summed E-state index contributed by atoms with van der Waals surface area (Å²) in [5, 5.41) is 47.3. The Morgan fingerprint density at radius 1 is 0.864 bits per heavy atom. The van der Waals surface area contributed by atoms with Crippen molar-refractivity contribution in [3.05, 3.63) is 64.7 Å². The molecule has 5 rings (SSSR count). The Morgan fingerprint density at radius 2 is 1.43 bits per heavy atom. The zero-order valence-electron chi connectivity index (χ0n) is 24.0. The lowest BCUT2D eigenvalue weighted by Gasteiger charge is -2.32. The number of nitrogens with zero attached hydrogens (tertiary/aromatic N) is 3. The molecule has 1 aliphatic heterocycles. The van der Waals surface area contributed by atoms with Gasteiger partial charge in [0.1, 0.15) is 5.01 Å². The minimum Gasteiger partial charge on any atom is -0.478 e. The molecule has 2 saturated carbocycles. The van der Waals surface area contributed by atoms with E-state index < -0.39 is 23.9 Å². The molecule has 44 heavy (non-hydrogen) atoms. The van der Waals surface area contributed by atoms with Gasteiger partial charge in [-0.1, -0.05) is 23.5 Å². The number of likely N-dealkylation sites (tertiary alicyclic amines) is 1. The fourth-order valence-corrected chi connectivity index (χ4v) is 5.22. The van der Waals surface area contributed by atoms with Crippen LogP contribution in [0.2, 0.25) is 0 Å². The molecule has 236 valence electrons. The summed E-state index contributed by atoms with van der Waals surface area (Å²) in [4.78, 5) is 53.4. The van der Waals surface area contributed by atoms with E-state index in [2.05, 4.69) is 31.8 Å². The smallest absolute Gasteiger partial charge is 0.328 e. The van der Waals surface area contributed by atoms with Crippen LogP contribution in [0.15, 0.2) is 48.6 Å². The molecule has 0 bridgehead atoms. The second kappa shape index (κ2) is 16.4. The van der Waals surface area contributed by atoms with Gasteiger partial charge in [-0.15, -0.1) is 10.2 Å². The van der Waals surface area contributed by atoms with Gasteiger partial charge in [0.25, 0.3) is 5.91 Å². The largest absolute Gasteiger partial charge is 0.478 e. The summed E-state index contributed by atoms with van der Waals surface area (Å²) in [5.74, 6) is -4.62. The number of nitrogens with one attached hydrogen (secondary N) is 2. The lowest BCUT2D eigenvalue weighted by molar-refractivity contribution is -0.134. The van der Waals surface area contributed by atoms with Crippen molar-refractivity contribution in [3.8, 4) is 0 Å². The molecule has 3 fully saturated rings. The highest BCUT2D eigenvalue weighted by Crippen LogP contribution is 2.42. The molecule has 1 aromatic heterocycles. The predicted octanol–water partition coefficient (Wildman–Crippen LogP) is 2.59. The molecule has 2 heterocycles. The van der Waals surface area contributed by atoms with Crippen LogP contribution >= 0.6 is 11.3 Å².